The topological polar surface area (TPSA) is 35.6 Å². The van der Waals surface area contributed by atoms with Crippen LogP contribution in [0.4, 0.5) is 4.39 Å². The summed E-state index contributed by atoms with van der Waals surface area (Å²) >= 11 is 0. The Balaban J connectivity index is 1.70. The summed E-state index contributed by atoms with van der Waals surface area (Å²) in [7, 11) is 0. The lowest BCUT2D eigenvalue weighted by molar-refractivity contribution is -0.125. The fraction of sp³-hybridized carbons (Fsp3) is 0.696. The van der Waals surface area contributed by atoms with Crippen molar-refractivity contribution in [3.8, 4) is 0 Å². The van der Waals surface area contributed by atoms with E-state index in [-0.39, 0.29) is 17.3 Å². The van der Waals surface area contributed by atoms with Crippen LogP contribution in [-0.4, -0.2) is 54.0 Å². The van der Waals surface area contributed by atoms with Crippen LogP contribution < -0.4 is 5.32 Å². The van der Waals surface area contributed by atoms with Gasteiger partial charge in [-0.1, -0.05) is 38.3 Å². The van der Waals surface area contributed by atoms with Crippen molar-refractivity contribution in [2.75, 3.05) is 32.7 Å². The SMILES string of the molecule is CCCN1CCCN(Cc2cccc(F)c2)CCNC(=O)CC12CCCCC2. The van der Waals surface area contributed by atoms with E-state index < -0.39 is 0 Å². The fourth-order valence-electron chi connectivity index (χ4n) is 5.03. The van der Waals surface area contributed by atoms with Crippen molar-refractivity contribution in [2.24, 2.45) is 0 Å². The molecular weight excluding hydrogens is 353 g/mol. The molecule has 0 bridgehead atoms. The molecule has 0 atom stereocenters. The van der Waals surface area contributed by atoms with Crippen LogP contribution in [0.5, 0.6) is 0 Å². The Hall–Kier alpha value is -1.46. The van der Waals surface area contributed by atoms with E-state index >= 15 is 0 Å². The average molecular weight is 390 g/mol. The zero-order valence-electron chi connectivity index (χ0n) is 17.4. The molecule has 28 heavy (non-hydrogen) atoms. The lowest BCUT2D eigenvalue weighted by Gasteiger charge is -2.46. The third kappa shape index (κ3) is 5.77. The molecule has 5 heteroatoms. The molecule has 1 heterocycles. The number of carbonyl (C=O) groups excluding carboxylic acids is 1. The third-order valence-corrected chi connectivity index (χ3v) is 6.39. The monoisotopic (exact) mass is 389 g/mol. The minimum Gasteiger partial charge on any atom is -0.355 e. The number of rotatable bonds is 4. The van der Waals surface area contributed by atoms with Crippen LogP contribution in [0, 0.1) is 5.82 Å². The molecule has 1 amide bonds. The van der Waals surface area contributed by atoms with Gasteiger partial charge in [-0.15, -0.1) is 0 Å². The zero-order chi connectivity index (χ0) is 19.8. The fourth-order valence-corrected chi connectivity index (χ4v) is 5.03. The molecule has 0 aromatic heterocycles. The third-order valence-electron chi connectivity index (χ3n) is 6.39. The number of nitrogens with one attached hydrogen (secondary N) is 1. The van der Waals surface area contributed by atoms with Gasteiger partial charge in [0.2, 0.25) is 5.91 Å². The summed E-state index contributed by atoms with van der Waals surface area (Å²) in [5.41, 5.74) is 1.05. The summed E-state index contributed by atoms with van der Waals surface area (Å²) in [5, 5.41) is 3.16. The van der Waals surface area contributed by atoms with Crippen molar-refractivity contribution >= 4 is 5.91 Å². The van der Waals surface area contributed by atoms with Gasteiger partial charge in [-0.2, -0.15) is 0 Å². The van der Waals surface area contributed by atoms with E-state index in [4.69, 9.17) is 0 Å². The molecule has 1 saturated heterocycles. The molecule has 3 rings (SSSR count). The van der Waals surface area contributed by atoms with Crippen LogP contribution in [0.1, 0.15) is 63.9 Å². The van der Waals surface area contributed by atoms with Crippen molar-refractivity contribution in [3.05, 3.63) is 35.6 Å². The molecule has 1 spiro atoms. The number of benzene rings is 1. The average Bonchev–Trinajstić information content (AvgIpc) is 2.69. The highest BCUT2D eigenvalue weighted by molar-refractivity contribution is 5.77. The minimum absolute atomic E-state index is 0.0517. The summed E-state index contributed by atoms with van der Waals surface area (Å²) in [4.78, 5) is 17.7. The second-order valence-corrected chi connectivity index (χ2v) is 8.56. The Bertz CT molecular complexity index is 630. The Morgan fingerprint density at radius 1 is 1.11 bits per heavy atom. The largest absolute Gasteiger partial charge is 0.355 e. The summed E-state index contributed by atoms with van der Waals surface area (Å²) in [6.45, 7) is 7.52. The molecule has 1 saturated carbocycles. The van der Waals surface area contributed by atoms with Gasteiger partial charge in [-0.05, 0) is 63.0 Å². The van der Waals surface area contributed by atoms with Gasteiger partial charge in [-0.25, -0.2) is 4.39 Å². The molecular formula is C23H36FN3O. The van der Waals surface area contributed by atoms with Crippen LogP contribution in [0.25, 0.3) is 0 Å². The van der Waals surface area contributed by atoms with Crippen molar-refractivity contribution in [2.45, 2.75) is 70.4 Å². The number of nitrogens with zero attached hydrogens (tertiary/aromatic N) is 2. The van der Waals surface area contributed by atoms with Crippen LogP contribution in [0.15, 0.2) is 24.3 Å². The Morgan fingerprint density at radius 3 is 2.68 bits per heavy atom. The minimum atomic E-state index is -0.183. The number of halogens is 1. The molecule has 1 aromatic rings. The summed E-state index contributed by atoms with van der Waals surface area (Å²) in [6.07, 6.45) is 8.91. The van der Waals surface area contributed by atoms with E-state index in [1.54, 1.807) is 12.1 Å². The van der Waals surface area contributed by atoms with E-state index in [2.05, 4.69) is 22.0 Å². The van der Waals surface area contributed by atoms with Gasteiger partial charge in [0.1, 0.15) is 5.82 Å². The highest BCUT2D eigenvalue weighted by Crippen LogP contribution is 2.37. The number of hydrogen-bond acceptors (Lipinski definition) is 3. The smallest absolute Gasteiger partial charge is 0.221 e. The first-order valence-corrected chi connectivity index (χ1v) is 11.1. The van der Waals surface area contributed by atoms with Gasteiger partial charge in [0.25, 0.3) is 0 Å². The van der Waals surface area contributed by atoms with Crippen LogP contribution in [0.3, 0.4) is 0 Å². The molecule has 2 fully saturated rings. The first-order valence-electron chi connectivity index (χ1n) is 11.1. The van der Waals surface area contributed by atoms with Crippen molar-refractivity contribution in [1.29, 1.82) is 0 Å². The normalized spacial score (nSPS) is 22.6. The maximum atomic E-state index is 13.5. The van der Waals surface area contributed by atoms with E-state index in [0.717, 1.165) is 64.0 Å². The van der Waals surface area contributed by atoms with Crippen LogP contribution >= 0.6 is 0 Å². The van der Waals surface area contributed by atoms with Gasteiger partial charge < -0.3 is 5.32 Å². The molecule has 0 radical (unpaired) electrons. The molecule has 1 aliphatic carbocycles. The summed E-state index contributed by atoms with van der Waals surface area (Å²) < 4.78 is 13.5. The van der Waals surface area contributed by atoms with Gasteiger partial charge in [0.15, 0.2) is 0 Å². The molecule has 1 aliphatic heterocycles. The quantitative estimate of drug-likeness (QED) is 0.847. The lowest BCUT2D eigenvalue weighted by atomic mass is 9.77. The molecule has 2 aliphatic rings. The van der Waals surface area contributed by atoms with Gasteiger partial charge in [-0.3, -0.25) is 14.6 Å². The maximum Gasteiger partial charge on any atom is 0.221 e. The lowest BCUT2D eigenvalue weighted by Crippen LogP contribution is -2.53. The van der Waals surface area contributed by atoms with Gasteiger partial charge in [0, 0.05) is 31.6 Å². The molecule has 156 valence electrons. The van der Waals surface area contributed by atoms with Crippen molar-refractivity contribution < 1.29 is 9.18 Å². The van der Waals surface area contributed by atoms with Crippen LogP contribution in [0.2, 0.25) is 0 Å². The zero-order valence-corrected chi connectivity index (χ0v) is 17.4. The standard InChI is InChI=1S/C23H36FN3O/c1-2-13-27-15-7-14-26(19-20-8-6-9-21(24)17-20)16-12-25-22(28)18-23(27)10-4-3-5-11-23/h6,8-9,17H,2-5,7,10-16,18-19H2,1H3,(H,25,28). The first kappa shape index (κ1) is 21.3. The molecule has 1 aromatic carbocycles. The maximum absolute atomic E-state index is 13.5. The van der Waals surface area contributed by atoms with E-state index in [0.29, 0.717) is 13.0 Å². The highest BCUT2D eigenvalue weighted by atomic mass is 19.1. The molecule has 0 unspecified atom stereocenters. The van der Waals surface area contributed by atoms with E-state index in [1.165, 1.54) is 25.3 Å². The number of hydrogen-bond donors (Lipinski definition) is 1. The Kier molecular flexibility index (Phi) is 7.86. The van der Waals surface area contributed by atoms with Gasteiger partial charge in [0.05, 0.1) is 0 Å². The predicted molar refractivity (Wildman–Crippen MR) is 112 cm³/mol. The van der Waals surface area contributed by atoms with E-state index in [1.807, 2.05) is 6.07 Å². The number of carbonyl (C=O) groups is 1. The second-order valence-electron chi connectivity index (χ2n) is 8.56. The number of amides is 1. The Morgan fingerprint density at radius 2 is 1.93 bits per heavy atom. The molecule has 1 N–H and O–H groups in total. The predicted octanol–water partition coefficient (Wildman–Crippen LogP) is 3.95. The second kappa shape index (κ2) is 10.4. The summed E-state index contributed by atoms with van der Waals surface area (Å²) in [6, 6.07) is 6.86. The first-order chi connectivity index (χ1) is 13.6. The highest BCUT2D eigenvalue weighted by Gasteiger charge is 2.39. The van der Waals surface area contributed by atoms with Gasteiger partial charge >= 0.3 is 0 Å². The van der Waals surface area contributed by atoms with Crippen LogP contribution in [-0.2, 0) is 11.3 Å². The summed E-state index contributed by atoms with van der Waals surface area (Å²) in [5.74, 6) is 0.00707. The van der Waals surface area contributed by atoms with E-state index in [9.17, 15) is 9.18 Å². The van der Waals surface area contributed by atoms with Crippen molar-refractivity contribution in [1.82, 2.24) is 15.1 Å². The Labute approximate surface area is 169 Å². The van der Waals surface area contributed by atoms with Crippen molar-refractivity contribution in [3.63, 3.8) is 0 Å². The molecule has 4 nitrogen and oxygen atoms in total.